The lowest BCUT2D eigenvalue weighted by Gasteiger charge is -2.10. The molecule has 2 heterocycles. The van der Waals surface area contributed by atoms with Gasteiger partial charge in [0.15, 0.2) is 0 Å². The van der Waals surface area contributed by atoms with E-state index in [0.29, 0.717) is 34.1 Å². The van der Waals surface area contributed by atoms with Crippen LogP contribution < -0.4 is 5.32 Å². The number of anilines is 1. The Hall–Kier alpha value is -2.68. The van der Waals surface area contributed by atoms with Crippen molar-refractivity contribution in [1.29, 1.82) is 0 Å². The van der Waals surface area contributed by atoms with Crippen molar-refractivity contribution in [2.45, 2.75) is 32.9 Å². The van der Waals surface area contributed by atoms with Crippen LogP contribution in [0.25, 0.3) is 5.78 Å². The molecule has 0 aliphatic rings. The summed E-state index contributed by atoms with van der Waals surface area (Å²) in [6.07, 6.45) is -4.22. The van der Waals surface area contributed by atoms with Gasteiger partial charge in [0.05, 0.1) is 0 Å². The van der Waals surface area contributed by atoms with Gasteiger partial charge in [-0.2, -0.15) is 18.2 Å². The first-order valence-corrected chi connectivity index (χ1v) is 8.38. The molecule has 1 N–H and O–H groups in total. The molecule has 3 rings (SSSR count). The van der Waals surface area contributed by atoms with Crippen LogP contribution in [0.3, 0.4) is 0 Å². The summed E-state index contributed by atoms with van der Waals surface area (Å²) < 4.78 is 39.5. The summed E-state index contributed by atoms with van der Waals surface area (Å²) in [5.74, 6) is -1.61. The minimum Gasteiger partial charge on any atom is -0.326 e. The summed E-state index contributed by atoms with van der Waals surface area (Å²) in [5, 5.41) is 6.72. The largest absolute Gasteiger partial charge is 0.453 e. The van der Waals surface area contributed by atoms with Crippen LogP contribution in [0.1, 0.15) is 29.2 Å². The number of aryl methyl sites for hydroxylation is 2. The van der Waals surface area contributed by atoms with Gasteiger partial charge in [0, 0.05) is 28.5 Å². The molecule has 0 aliphatic carbocycles. The number of rotatable bonds is 4. The number of nitrogens with one attached hydrogen (secondary N) is 1. The third-order valence-electron chi connectivity index (χ3n) is 4.01. The van der Waals surface area contributed by atoms with Gasteiger partial charge in [-0.3, -0.25) is 4.79 Å². The zero-order valence-corrected chi connectivity index (χ0v) is 15.2. The minimum atomic E-state index is -4.65. The molecule has 6 nitrogen and oxygen atoms in total. The molecule has 0 aliphatic heterocycles. The van der Waals surface area contributed by atoms with Gasteiger partial charge < -0.3 is 5.32 Å². The second kappa shape index (κ2) is 7.15. The van der Waals surface area contributed by atoms with Crippen LogP contribution in [0.5, 0.6) is 0 Å². The topological polar surface area (TPSA) is 72.2 Å². The van der Waals surface area contributed by atoms with Crippen LogP contribution in [-0.4, -0.2) is 25.5 Å². The Kier molecular flexibility index (Phi) is 5.05. The molecule has 142 valence electrons. The SMILES string of the molecule is Cc1nc2nc(C(F)(F)F)nn2c(C)c1CCC(=O)Nc1cccc(Cl)c1. The number of aromatic nitrogens is 4. The average Bonchev–Trinajstić information content (AvgIpc) is 2.99. The zero-order valence-electron chi connectivity index (χ0n) is 14.4. The van der Waals surface area contributed by atoms with E-state index < -0.39 is 12.0 Å². The van der Waals surface area contributed by atoms with E-state index >= 15 is 0 Å². The first-order valence-electron chi connectivity index (χ1n) is 8.00. The molecule has 0 saturated carbocycles. The van der Waals surface area contributed by atoms with Crippen molar-refractivity contribution < 1.29 is 18.0 Å². The molecule has 0 bridgehead atoms. The Bertz CT molecular complexity index is 1020. The summed E-state index contributed by atoms with van der Waals surface area (Å²) in [6.45, 7) is 3.29. The molecule has 0 saturated heterocycles. The lowest BCUT2D eigenvalue weighted by atomic mass is 10.1. The number of hydrogen-bond donors (Lipinski definition) is 1. The molecule has 27 heavy (non-hydrogen) atoms. The molecule has 3 aromatic rings. The molecule has 10 heteroatoms. The van der Waals surface area contributed by atoms with Crippen LogP contribution in [-0.2, 0) is 17.4 Å². The summed E-state index contributed by atoms with van der Waals surface area (Å²) in [6, 6.07) is 6.74. The van der Waals surface area contributed by atoms with E-state index in [-0.39, 0.29) is 18.1 Å². The Morgan fingerprint density at radius 2 is 2.00 bits per heavy atom. The molecule has 1 aromatic carbocycles. The van der Waals surface area contributed by atoms with Crippen LogP contribution >= 0.6 is 11.6 Å². The van der Waals surface area contributed by atoms with E-state index in [1.54, 1.807) is 38.1 Å². The Balaban J connectivity index is 1.79. The van der Waals surface area contributed by atoms with Gasteiger partial charge in [-0.1, -0.05) is 17.7 Å². The highest BCUT2D eigenvalue weighted by molar-refractivity contribution is 6.30. The zero-order chi connectivity index (χ0) is 19.8. The number of amides is 1. The highest BCUT2D eigenvalue weighted by Crippen LogP contribution is 2.27. The number of halogens is 4. The third kappa shape index (κ3) is 4.19. The van der Waals surface area contributed by atoms with Gasteiger partial charge >= 0.3 is 6.18 Å². The molecule has 1 amide bonds. The summed E-state index contributed by atoms with van der Waals surface area (Å²) >= 11 is 5.88. The molecule has 0 atom stereocenters. The number of alkyl halides is 3. The Morgan fingerprint density at radius 1 is 1.26 bits per heavy atom. The second-order valence-electron chi connectivity index (χ2n) is 5.96. The van der Waals surface area contributed by atoms with Gasteiger partial charge in [-0.15, -0.1) is 5.10 Å². The van der Waals surface area contributed by atoms with E-state index in [9.17, 15) is 18.0 Å². The normalized spacial score (nSPS) is 11.8. The molecular weight excluding hydrogens is 383 g/mol. The van der Waals surface area contributed by atoms with E-state index in [0.717, 1.165) is 4.52 Å². The van der Waals surface area contributed by atoms with Gasteiger partial charge in [-0.05, 0) is 44.0 Å². The Labute approximate surface area is 157 Å². The average molecular weight is 398 g/mol. The highest BCUT2D eigenvalue weighted by atomic mass is 35.5. The highest BCUT2D eigenvalue weighted by Gasteiger charge is 2.36. The van der Waals surface area contributed by atoms with Gasteiger partial charge in [0.25, 0.3) is 11.6 Å². The number of benzene rings is 1. The smallest absolute Gasteiger partial charge is 0.326 e. The number of carbonyl (C=O) groups is 1. The fraction of sp³-hybridized carbons (Fsp3) is 0.294. The molecular formula is C17H15ClF3N5O. The van der Waals surface area contributed by atoms with Gasteiger partial charge in [-0.25, -0.2) is 9.50 Å². The van der Waals surface area contributed by atoms with Crippen LogP contribution in [0, 0.1) is 13.8 Å². The van der Waals surface area contributed by atoms with Crippen molar-refractivity contribution in [3.05, 3.63) is 52.1 Å². The summed E-state index contributed by atoms with van der Waals surface area (Å²) in [7, 11) is 0. The molecule has 2 aromatic heterocycles. The van der Waals surface area contributed by atoms with Gasteiger partial charge in [0.2, 0.25) is 5.91 Å². The van der Waals surface area contributed by atoms with Crippen molar-refractivity contribution >= 4 is 29.0 Å². The van der Waals surface area contributed by atoms with Crippen molar-refractivity contribution in [3.8, 4) is 0 Å². The van der Waals surface area contributed by atoms with Crippen molar-refractivity contribution in [2.75, 3.05) is 5.32 Å². The maximum absolute atomic E-state index is 12.8. The lowest BCUT2D eigenvalue weighted by Crippen LogP contribution is -2.14. The second-order valence-corrected chi connectivity index (χ2v) is 6.40. The van der Waals surface area contributed by atoms with Crippen molar-refractivity contribution in [1.82, 2.24) is 19.6 Å². The molecule has 0 fully saturated rings. The monoisotopic (exact) mass is 397 g/mol. The first kappa shape index (κ1) is 19.1. The lowest BCUT2D eigenvalue weighted by molar-refractivity contribution is -0.144. The predicted molar refractivity (Wildman–Crippen MR) is 93.7 cm³/mol. The maximum atomic E-state index is 12.8. The third-order valence-corrected chi connectivity index (χ3v) is 4.25. The number of fused-ring (bicyclic) bond motifs is 1. The van der Waals surface area contributed by atoms with Crippen LogP contribution in [0.15, 0.2) is 24.3 Å². The fourth-order valence-corrected chi connectivity index (χ4v) is 2.91. The van der Waals surface area contributed by atoms with Gasteiger partial charge in [0.1, 0.15) is 0 Å². The standard InChI is InChI=1S/C17H15ClF3N5O/c1-9-13(6-7-14(27)23-12-5-3-4-11(18)8-12)10(2)26-16(22-9)24-15(25-26)17(19,20)21/h3-5,8H,6-7H2,1-2H3,(H,23,27). The molecule has 0 unspecified atom stereocenters. The van der Waals surface area contributed by atoms with Crippen LogP contribution in [0.4, 0.5) is 18.9 Å². The van der Waals surface area contributed by atoms with Crippen LogP contribution in [0.2, 0.25) is 5.02 Å². The molecule has 0 radical (unpaired) electrons. The van der Waals surface area contributed by atoms with E-state index in [1.165, 1.54) is 0 Å². The van der Waals surface area contributed by atoms with E-state index in [1.807, 2.05) is 0 Å². The first-order chi connectivity index (χ1) is 12.6. The number of carbonyl (C=O) groups excluding carboxylic acids is 1. The number of hydrogen-bond acceptors (Lipinski definition) is 4. The van der Waals surface area contributed by atoms with E-state index in [2.05, 4.69) is 20.4 Å². The summed E-state index contributed by atoms with van der Waals surface area (Å²) in [5.41, 5.74) is 2.20. The van der Waals surface area contributed by atoms with Crippen molar-refractivity contribution in [2.24, 2.45) is 0 Å². The van der Waals surface area contributed by atoms with E-state index in [4.69, 9.17) is 11.6 Å². The minimum absolute atomic E-state index is 0.121. The maximum Gasteiger partial charge on any atom is 0.453 e. The quantitative estimate of drug-likeness (QED) is 0.722. The number of nitrogens with zero attached hydrogens (tertiary/aromatic N) is 4. The fourth-order valence-electron chi connectivity index (χ4n) is 2.72. The molecule has 0 spiro atoms. The predicted octanol–water partition coefficient (Wildman–Crippen LogP) is 3.98. The summed E-state index contributed by atoms with van der Waals surface area (Å²) in [4.78, 5) is 19.7. The van der Waals surface area contributed by atoms with Crippen molar-refractivity contribution in [3.63, 3.8) is 0 Å². The Morgan fingerprint density at radius 3 is 2.67 bits per heavy atom.